The molecule has 1 rings (SSSR count). The van der Waals surface area contributed by atoms with Crippen LogP contribution in [0.25, 0.3) is 0 Å². The third-order valence-electron chi connectivity index (χ3n) is 2.53. The molecule has 0 spiro atoms. The van der Waals surface area contributed by atoms with Gasteiger partial charge in [0, 0.05) is 6.04 Å². The van der Waals surface area contributed by atoms with Gasteiger partial charge in [-0.1, -0.05) is 44.2 Å². The van der Waals surface area contributed by atoms with E-state index in [2.05, 4.69) is 44.3 Å². The van der Waals surface area contributed by atoms with Gasteiger partial charge in [0.2, 0.25) is 0 Å². The number of nitrogens with zero attached hydrogens (tertiary/aromatic N) is 1. The van der Waals surface area contributed by atoms with Gasteiger partial charge in [-0.25, -0.2) is 0 Å². The standard InChI is InChI=1S/C13H18N2/c1-10(2)13(9-14)15-11(3)12-7-5-4-6-8-12/h4-8,10-11,13,15H,1-3H3/t11-,13+/m0/s1. The fraction of sp³-hybridized carbons (Fsp3) is 0.462. The van der Waals surface area contributed by atoms with Gasteiger partial charge in [0.05, 0.1) is 12.1 Å². The number of nitriles is 1. The molecule has 2 atom stereocenters. The summed E-state index contributed by atoms with van der Waals surface area (Å²) in [7, 11) is 0. The third kappa shape index (κ3) is 3.38. The normalized spacial score (nSPS) is 14.6. The van der Waals surface area contributed by atoms with Crippen LogP contribution in [0.1, 0.15) is 32.4 Å². The maximum Gasteiger partial charge on any atom is 0.0980 e. The van der Waals surface area contributed by atoms with Crippen molar-refractivity contribution in [3.05, 3.63) is 35.9 Å². The lowest BCUT2D eigenvalue weighted by atomic mass is 10.0. The van der Waals surface area contributed by atoms with Crippen LogP contribution < -0.4 is 5.32 Å². The van der Waals surface area contributed by atoms with Crippen molar-refractivity contribution in [1.29, 1.82) is 5.26 Å². The average molecular weight is 202 g/mol. The lowest BCUT2D eigenvalue weighted by molar-refractivity contribution is 0.428. The molecule has 1 aromatic carbocycles. The Kier molecular flexibility index (Phi) is 4.33. The number of benzene rings is 1. The van der Waals surface area contributed by atoms with Crippen molar-refractivity contribution in [1.82, 2.24) is 5.32 Å². The maximum absolute atomic E-state index is 8.98. The average Bonchev–Trinajstić information content (AvgIpc) is 2.26. The summed E-state index contributed by atoms with van der Waals surface area (Å²) in [5, 5.41) is 12.3. The van der Waals surface area contributed by atoms with Gasteiger partial charge < -0.3 is 0 Å². The molecular weight excluding hydrogens is 184 g/mol. The highest BCUT2D eigenvalue weighted by atomic mass is 14.9. The van der Waals surface area contributed by atoms with E-state index < -0.39 is 0 Å². The van der Waals surface area contributed by atoms with E-state index in [0.717, 1.165) is 0 Å². The van der Waals surface area contributed by atoms with Crippen LogP contribution >= 0.6 is 0 Å². The summed E-state index contributed by atoms with van der Waals surface area (Å²) in [6, 6.07) is 12.6. The molecule has 0 aliphatic carbocycles. The second-order valence-corrected chi connectivity index (χ2v) is 4.15. The second kappa shape index (κ2) is 5.53. The Morgan fingerprint density at radius 3 is 2.20 bits per heavy atom. The molecule has 0 radical (unpaired) electrons. The smallest absolute Gasteiger partial charge is 0.0980 e. The summed E-state index contributed by atoms with van der Waals surface area (Å²) in [5.74, 6) is 0.334. The first-order valence-corrected chi connectivity index (χ1v) is 5.35. The quantitative estimate of drug-likeness (QED) is 0.815. The zero-order valence-electron chi connectivity index (χ0n) is 9.57. The zero-order valence-corrected chi connectivity index (χ0v) is 9.57. The monoisotopic (exact) mass is 202 g/mol. The number of rotatable bonds is 4. The van der Waals surface area contributed by atoms with Gasteiger partial charge in [-0.3, -0.25) is 5.32 Å². The highest BCUT2D eigenvalue weighted by Crippen LogP contribution is 2.13. The van der Waals surface area contributed by atoms with Gasteiger partial charge in [-0.15, -0.1) is 0 Å². The lowest BCUT2D eigenvalue weighted by Crippen LogP contribution is -2.34. The van der Waals surface area contributed by atoms with Crippen molar-refractivity contribution in [3.63, 3.8) is 0 Å². The van der Waals surface area contributed by atoms with E-state index >= 15 is 0 Å². The zero-order chi connectivity index (χ0) is 11.3. The van der Waals surface area contributed by atoms with Gasteiger partial charge in [0.1, 0.15) is 0 Å². The Balaban J connectivity index is 2.64. The second-order valence-electron chi connectivity index (χ2n) is 4.15. The topological polar surface area (TPSA) is 35.8 Å². The molecule has 0 amide bonds. The van der Waals surface area contributed by atoms with Crippen molar-refractivity contribution in [2.45, 2.75) is 32.9 Å². The molecule has 0 aliphatic heterocycles. The van der Waals surface area contributed by atoms with Crippen molar-refractivity contribution in [3.8, 4) is 6.07 Å². The van der Waals surface area contributed by atoms with E-state index in [-0.39, 0.29) is 12.1 Å². The van der Waals surface area contributed by atoms with Crippen LogP contribution in [0.3, 0.4) is 0 Å². The van der Waals surface area contributed by atoms with Gasteiger partial charge in [0.25, 0.3) is 0 Å². The number of hydrogen-bond donors (Lipinski definition) is 1. The van der Waals surface area contributed by atoms with E-state index in [0.29, 0.717) is 5.92 Å². The fourth-order valence-corrected chi connectivity index (χ4v) is 1.49. The summed E-state index contributed by atoms with van der Waals surface area (Å²) in [6.45, 7) is 6.19. The van der Waals surface area contributed by atoms with E-state index in [1.54, 1.807) is 0 Å². The Hall–Kier alpha value is -1.33. The molecule has 0 heterocycles. The Labute approximate surface area is 91.9 Å². The van der Waals surface area contributed by atoms with Crippen LogP contribution in [-0.2, 0) is 0 Å². The molecule has 0 saturated carbocycles. The summed E-state index contributed by atoms with van der Waals surface area (Å²) in [4.78, 5) is 0. The molecule has 0 saturated heterocycles. The molecular formula is C13H18N2. The lowest BCUT2D eigenvalue weighted by Gasteiger charge is -2.20. The van der Waals surface area contributed by atoms with E-state index in [1.165, 1.54) is 5.56 Å². The molecule has 1 N–H and O–H groups in total. The van der Waals surface area contributed by atoms with Crippen molar-refractivity contribution in [2.24, 2.45) is 5.92 Å². The molecule has 0 unspecified atom stereocenters. The molecule has 0 aliphatic rings. The minimum atomic E-state index is -0.0831. The predicted molar refractivity (Wildman–Crippen MR) is 62.2 cm³/mol. The summed E-state index contributed by atoms with van der Waals surface area (Å²) in [6.07, 6.45) is 0. The molecule has 2 heteroatoms. The Morgan fingerprint density at radius 1 is 1.13 bits per heavy atom. The minimum Gasteiger partial charge on any atom is -0.295 e. The van der Waals surface area contributed by atoms with Gasteiger partial charge in [0.15, 0.2) is 0 Å². The molecule has 15 heavy (non-hydrogen) atoms. The maximum atomic E-state index is 8.98. The van der Waals surface area contributed by atoms with Gasteiger partial charge in [-0.2, -0.15) is 5.26 Å². The minimum absolute atomic E-state index is 0.0831. The number of hydrogen-bond acceptors (Lipinski definition) is 2. The van der Waals surface area contributed by atoms with Crippen LogP contribution in [0.15, 0.2) is 30.3 Å². The van der Waals surface area contributed by atoms with Gasteiger partial charge >= 0.3 is 0 Å². The molecule has 2 nitrogen and oxygen atoms in total. The van der Waals surface area contributed by atoms with Crippen LogP contribution in [0.5, 0.6) is 0 Å². The first-order valence-electron chi connectivity index (χ1n) is 5.35. The SMILES string of the molecule is CC(C)[C@@H](C#N)N[C@@H](C)c1ccccc1. The van der Waals surface area contributed by atoms with E-state index in [1.807, 2.05) is 18.2 Å². The molecule has 0 bridgehead atoms. The van der Waals surface area contributed by atoms with Crippen molar-refractivity contribution < 1.29 is 0 Å². The van der Waals surface area contributed by atoms with Crippen molar-refractivity contribution in [2.75, 3.05) is 0 Å². The van der Waals surface area contributed by atoms with Crippen LogP contribution in [-0.4, -0.2) is 6.04 Å². The van der Waals surface area contributed by atoms with Gasteiger partial charge in [-0.05, 0) is 18.4 Å². The molecule has 0 aromatic heterocycles. The molecule has 0 fully saturated rings. The first-order chi connectivity index (χ1) is 7.15. The van der Waals surface area contributed by atoms with Crippen LogP contribution in [0, 0.1) is 17.2 Å². The highest BCUT2D eigenvalue weighted by Gasteiger charge is 2.15. The highest BCUT2D eigenvalue weighted by molar-refractivity contribution is 5.18. The van der Waals surface area contributed by atoms with Crippen LogP contribution in [0.4, 0.5) is 0 Å². The first kappa shape index (κ1) is 11.7. The van der Waals surface area contributed by atoms with E-state index in [4.69, 9.17) is 5.26 Å². The molecule has 80 valence electrons. The third-order valence-corrected chi connectivity index (χ3v) is 2.53. The van der Waals surface area contributed by atoms with Crippen LogP contribution in [0.2, 0.25) is 0 Å². The molecule has 1 aromatic rings. The largest absolute Gasteiger partial charge is 0.295 e. The Bertz CT molecular complexity index is 324. The van der Waals surface area contributed by atoms with E-state index in [9.17, 15) is 0 Å². The fourth-order valence-electron chi connectivity index (χ4n) is 1.49. The summed E-state index contributed by atoms with van der Waals surface area (Å²) < 4.78 is 0. The Morgan fingerprint density at radius 2 is 1.73 bits per heavy atom. The number of nitrogens with one attached hydrogen (secondary N) is 1. The van der Waals surface area contributed by atoms with Crippen molar-refractivity contribution >= 4 is 0 Å². The predicted octanol–water partition coefficient (Wildman–Crippen LogP) is 2.89. The summed E-state index contributed by atoms with van der Waals surface area (Å²) >= 11 is 0. The summed E-state index contributed by atoms with van der Waals surface area (Å²) in [5.41, 5.74) is 1.22.